The maximum absolute atomic E-state index is 12.2. The van der Waals surface area contributed by atoms with Crippen molar-refractivity contribution in [3.63, 3.8) is 0 Å². The van der Waals surface area contributed by atoms with E-state index in [1.807, 2.05) is 0 Å². The summed E-state index contributed by atoms with van der Waals surface area (Å²) in [6.45, 7) is -0.708. The molecule has 0 amide bonds. The van der Waals surface area contributed by atoms with Gasteiger partial charge < -0.3 is 15.1 Å². The Hall–Kier alpha value is -1.27. The smallest absolute Gasteiger partial charge is 0.255 e. The lowest BCUT2D eigenvalue weighted by atomic mass is 10.3. The van der Waals surface area contributed by atoms with Crippen molar-refractivity contribution in [2.24, 2.45) is 0 Å². The first-order valence-electron chi connectivity index (χ1n) is 4.87. The van der Waals surface area contributed by atoms with Crippen molar-refractivity contribution >= 4 is 5.82 Å². The molecule has 0 aromatic carbocycles. The molecule has 2 N–H and O–H groups in total. The third-order valence-electron chi connectivity index (χ3n) is 2.04. The number of alkyl halides is 2. The summed E-state index contributed by atoms with van der Waals surface area (Å²) < 4.78 is 24.5. The number of hydrogen-bond acceptors (Lipinski definition) is 4. The minimum Gasteiger partial charge on any atom is -0.395 e. The van der Waals surface area contributed by atoms with E-state index in [9.17, 15) is 8.78 Å². The van der Waals surface area contributed by atoms with Gasteiger partial charge in [-0.3, -0.25) is 0 Å². The van der Waals surface area contributed by atoms with Crippen LogP contribution >= 0.6 is 0 Å². The zero-order chi connectivity index (χ0) is 12.0. The zero-order valence-corrected chi connectivity index (χ0v) is 8.68. The third kappa shape index (κ3) is 3.71. The molecule has 0 saturated heterocycles. The van der Waals surface area contributed by atoms with Crippen molar-refractivity contribution in [3.8, 4) is 0 Å². The van der Waals surface area contributed by atoms with E-state index in [0.29, 0.717) is 11.4 Å². The Morgan fingerprint density at radius 2 is 2.06 bits per heavy atom. The zero-order valence-electron chi connectivity index (χ0n) is 8.68. The van der Waals surface area contributed by atoms with Crippen LogP contribution in [0.25, 0.3) is 0 Å². The molecule has 1 aromatic rings. The lowest BCUT2D eigenvalue weighted by molar-refractivity contribution is 0.152. The van der Waals surface area contributed by atoms with Gasteiger partial charge >= 0.3 is 0 Å². The maximum atomic E-state index is 12.2. The standard InChI is InChI=1S/C10H14F2N2O2/c11-9(12)6-14(3-4-15)10-2-1-8(7-16)5-13-10/h1-2,5,9,15-16H,3-4,6-7H2. The fourth-order valence-electron chi connectivity index (χ4n) is 1.28. The number of aliphatic hydroxyl groups is 2. The van der Waals surface area contributed by atoms with Gasteiger partial charge in [0.2, 0.25) is 0 Å². The van der Waals surface area contributed by atoms with E-state index in [1.54, 1.807) is 12.1 Å². The molecule has 6 heteroatoms. The van der Waals surface area contributed by atoms with Crippen LogP contribution in [0.5, 0.6) is 0 Å². The van der Waals surface area contributed by atoms with Crippen molar-refractivity contribution in [2.75, 3.05) is 24.6 Å². The summed E-state index contributed by atoms with van der Waals surface area (Å²) in [5, 5.41) is 17.6. The minimum atomic E-state index is -2.48. The number of rotatable bonds is 6. The monoisotopic (exact) mass is 232 g/mol. The first kappa shape index (κ1) is 12.8. The average Bonchev–Trinajstić information content (AvgIpc) is 2.28. The second-order valence-corrected chi connectivity index (χ2v) is 3.24. The summed E-state index contributed by atoms with van der Waals surface area (Å²) in [7, 11) is 0. The summed E-state index contributed by atoms with van der Waals surface area (Å²) in [4.78, 5) is 5.24. The Balaban J connectivity index is 2.75. The predicted octanol–water partition coefficient (Wildman–Crippen LogP) is 0.638. The van der Waals surface area contributed by atoms with Crippen LogP contribution in [0.3, 0.4) is 0 Å². The van der Waals surface area contributed by atoms with Crippen LogP contribution in [0.15, 0.2) is 18.3 Å². The molecule has 4 nitrogen and oxygen atoms in total. The predicted molar refractivity (Wildman–Crippen MR) is 55.5 cm³/mol. The topological polar surface area (TPSA) is 56.6 Å². The average molecular weight is 232 g/mol. The van der Waals surface area contributed by atoms with Gasteiger partial charge in [0.1, 0.15) is 5.82 Å². The van der Waals surface area contributed by atoms with Crippen LogP contribution in [-0.2, 0) is 6.61 Å². The summed E-state index contributed by atoms with van der Waals surface area (Å²) in [6, 6.07) is 3.15. The highest BCUT2D eigenvalue weighted by atomic mass is 19.3. The first-order valence-corrected chi connectivity index (χ1v) is 4.87. The second kappa shape index (κ2) is 6.34. The van der Waals surface area contributed by atoms with E-state index in [0.717, 1.165) is 0 Å². The molecule has 0 fully saturated rings. The molecule has 90 valence electrons. The van der Waals surface area contributed by atoms with E-state index in [4.69, 9.17) is 10.2 Å². The molecule has 0 aliphatic rings. The van der Waals surface area contributed by atoms with Crippen molar-refractivity contribution < 1.29 is 19.0 Å². The van der Waals surface area contributed by atoms with Crippen LogP contribution in [0.1, 0.15) is 5.56 Å². The normalized spacial score (nSPS) is 10.8. The minimum absolute atomic E-state index is 0.107. The van der Waals surface area contributed by atoms with E-state index in [-0.39, 0.29) is 19.8 Å². The van der Waals surface area contributed by atoms with Gasteiger partial charge in [0.05, 0.1) is 19.8 Å². The molecule has 0 saturated carbocycles. The highest BCUT2D eigenvalue weighted by Gasteiger charge is 2.13. The molecule has 0 unspecified atom stereocenters. The number of nitrogens with zero attached hydrogens (tertiary/aromatic N) is 2. The molecule has 0 aliphatic carbocycles. The largest absolute Gasteiger partial charge is 0.395 e. The Morgan fingerprint density at radius 3 is 2.50 bits per heavy atom. The van der Waals surface area contributed by atoms with Crippen molar-refractivity contribution in [1.82, 2.24) is 4.98 Å². The molecule has 0 radical (unpaired) electrons. The molecular weight excluding hydrogens is 218 g/mol. The van der Waals surface area contributed by atoms with Crippen molar-refractivity contribution in [2.45, 2.75) is 13.0 Å². The van der Waals surface area contributed by atoms with Crippen molar-refractivity contribution in [1.29, 1.82) is 0 Å². The molecule has 1 rings (SSSR count). The van der Waals surface area contributed by atoms with Crippen LogP contribution in [0.4, 0.5) is 14.6 Å². The molecule has 0 spiro atoms. The Morgan fingerprint density at radius 1 is 1.31 bits per heavy atom. The van der Waals surface area contributed by atoms with Crippen LogP contribution in [0.2, 0.25) is 0 Å². The maximum Gasteiger partial charge on any atom is 0.255 e. The molecule has 0 atom stereocenters. The van der Waals surface area contributed by atoms with Crippen molar-refractivity contribution in [3.05, 3.63) is 23.9 Å². The van der Waals surface area contributed by atoms with Gasteiger partial charge in [-0.2, -0.15) is 0 Å². The van der Waals surface area contributed by atoms with Gasteiger partial charge in [0, 0.05) is 12.7 Å². The summed E-state index contributed by atoms with van der Waals surface area (Å²) in [6.07, 6.45) is -1.06. The lowest BCUT2D eigenvalue weighted by Gasteiger charge is -2.22. The summed E-state index contributed by atoms with van der Waals surface area (Å²) in [5.74, 6) is 0.367. The molecule has 1 aromatic heterocycles. The number of hydrogen-bond donors (Lipinski definition) is 2. The number of halogens is 2. The fourth-order valence-corrected chi connectivity index (χ4v) is 1.28. The first-order chi connectivity index (χ1) is 7.67. The Bertz CT molecular complexity index is 306. The highest BCUT2D eigenvalue weighted by molar-refractivity contribution is 5.39. The van der Waals surface area contributed by atoms with E-state index >= 15 is 0 Å². The van der Waals surface area contributed by atoms with Gasteiger partial charge in [0.25, 0.3) is 6.43 Å². The molecule has 1 heterocycles. The summed E-state index contributed by atoms with van der Waals surface area (Å²) in [5.41, 5.74) is 0.616. The molecule has 0 aliphatic heterocycles. The Labute approximate surface area is 92.2 Å². The quantitative estimate of drug-likeness (QED) is 0.755. The molecule has 0 bridgehead atoms. The lowest BCUT2D eigenvalue weighted by Crippen LogP contribution is -2.32. The number of aliphatic hydroxyl groups excluding tert-OH is 2. The van der Waals surface area contributed by atoms with Gasteiger partial charge in [-0.1, -0.05) is 6.07 Å². The van der Waals surface area contributed by atoms with E-state index in [2.05, 4.69) is 4.98 Å². The molecule has 16 heavy (non-hydrogen) atoms. The number of anilines is 1. The summed E-state index contributed by atoms with van der Waals surface area (Å²) >= 11 is 0. The van der Waals surface area contributed by atoms with Crippen LogP contribution in [-0.4, -0.2) is 41.3 Å². The SMILES string of the molecule is OCCN(CC(F)F)c1ccc(CO)cn1. The van der Waals surface area contributed by atoms with E-state index in [1.165, 1.54) is 11.1 Å². The van der Waals surface area contributed by atoms with Gasteiger partial charge in [-0.05, 0) is 11.6 Å². The van der Waals surface area contributed by atoms with Crippen LogP contribution < -0.4 is 4.90 Å². The third-order valence-corrected chi connectivity index (χ3v) is 2.04. The number of pyridine rings is 1. The number of aromatic nitrogens is 1. The van der Waals surface area contributed by atoms with Gasteiger partial charge in [0.15, 0.2) is 0 Å². The fraction of sp³-hybridized carbons (Fsp3) is 0.500. The Kier molecular flexibility index (Phi) is 5.07. The van der Waals surface area contributed by atoms with Gasteiger partial charge in [-0.25, -0.2) is 13.8 Å². The highest BCUT2D eigenvalue weighted by Crippen LogP contribution is 2.12. The second-order valence-electron chi connectivity index (χ2n) is 3.24. The van der Waals surface area contributed by atoms with Gasteiger partial charge in [-0.15, -0.1) is 0 Å². The molecular formula is C10H14F2N2O2. The van der Waals surface area contributed by atoms with E-state index < -0.39 is 13.0 Å². The van der Waals surface area contributed by atoms with Crippen LogP contribution in [0, 0.1) is 0 Å².